The van der Waals surface area contributed by atoms with Gasteiger partial charge in [-0.3, -0.25) is 4.79 Å². The van der Waals surface area contributed by atoms with Crippen molar-refractivity contribution in [3.05, 3.63) is 24.3 Å². The third-order valence-corrected chi connectivity index (χ3v) is 3.80. The van der Waals surface area contributed by atoms with Crippen molar-refractivity contribution in [1.82, 2.24) is 4.90 Å². The highest BCUT2D eigenvalue weighted by molar-refractivity contribution is 5.81. The van der Waals surface area contributed by atoms with Crippen LogP contribution in [0.5, 0.6) is 5.75 Å². The minimum absolute atomic E-state index is 0.0191. The van der Waals surface area contributed by atoms with Gasteiger partial charge in [0.15, 0.2) is 0 Å². The molecule has 1 aliphatic heterocycles. The lowest BCUT2D eigenvalue weighted by Crippen LogP contribution is -2.53. The predicted octanol–water partition coefficient (Wildman–Crippen LogP) is 0.318. The van der Waals surface area contributed by atoms with Crippen LogP contribution >= 0.6 is 0 Å². The second kappa shape index (κ2) is 7.28. The van der Waals surface area contributed by atoms with Gasteiger partial charge >= 0.3 is 0 Å². The van der Waals surface area contributed by atoms with Gasteiger partial charge in [0.25, 0.3) is 5.91 Å². The predicted molar refractivity (Wildman–Crippen MR) is 81.6 cm³/mol. The Labute approximate surface area is 125 Å². The molecule has 0 aliphatic carbocycles. The Balaban J connectivity index is 1.91. The normalized spacial score (nSPS) is 16.7. The summed E-state index contributed by atoms with van der Waals surface area (Å²) < 4.78 is 10.3. The van der Waals surface area contributed by atoms with E-state index in [0.29, 0.717) is 13.1 Å². The zero-order valence-corrected chi connectivity index (χ0v) is 12.6. The molecule has 2 N–H and O–H groups in total. The SMILES string of the molecule is COc1ccc(N2CCN(C(=O)C(CN)OC)CC2)cc1. The summed E-state index contributed by atoms with van der Waals surface area (Å²) >= 11 is 0. The Kier molecular flexibility index (Phi) is 5.41. The molecule has 1 amide bonds. The van der Waals surface area contributed by atoms with E-state index in [2.05, 4.69) is 4.90 Å². The van der Waals surface area contributed by atoms with Crippen LogP contribution in [0, 0.1) is 0 Å². The highest BCUT2D eigenvalue weighted by Gasteiger charge is 2.26. The molecule has 21 heavy (non-hydrogen) atoms. The Morgan fingerprint density at radius 1 is 1.19 bits per heavy atom. The number of methoxy groups -OCH3 is 2. The fourth-order valence-electron chi connectivity index (χ4n) is 2.48. The first-order chi connectivity index (χ1) is 10.2. The molecule has 1 heterocycles. The van der Waals surface area contributed by atoms with Crippen LogP contribution in [0.4, 0.5) is 5.69 Å². The number of nitrogens with zero attached hydrogens (tertiary/aromatic N) is 2. The van der Waals surface area contributed by atoms with Gasteiger partial charge < -0.3 is 25.0 Å². The number of ether oxygens (including phenoxy) is 2. The smallest absolute Gasteiger partial charge is 0.253 e. The molecule has 0 saturated carbocycles. The number of benzene rings is 1. The molecule has 1 saturated heterocycles. The number of carbonyl (C=O) groups excluding carboxylic acids is 1. The maximum Gasteiger partial charge on any atom is 0.253 e. The van der Waals surface area contributed by atoms with Gasteiger partial charge in [0.05, 0.1) is 7.11 Å². The van der Waals surface area contributed by atoms with Crippen molar-refractivity contribution >= 4 is 11.6 Å². The van der Waals surface area contributed by atoms with Crippen LogP contribution < -0.4 is 15.4 Å². The summed E-state index contributed by atoms with van der Waals surface area (Å²) in [6.07, 6.45) is -0.530. The highest BCUT2D eigenvalue weighted by Crippen LogP contribution is 2.20. The van der Waals surface area contributed by atoms with Crippen LogP contribution in [0.15, 0.2) is 24.3 Å². The summed E-state index contributed by atoms with van der Waals surface area (Å²) in [5.41, 5.74) is 6.69. The number of hydrogen-bond acceptors (Lipinski definition) is 5. The lowest BCUT2D eigenvalue weighted by Gasteiger charge is -2.37. The van der Waals surface area contributed by atoms with Gasteiger partial charge in [-0.25, -0.2) is 0 Å². The number of anilines is 1. The lowest BCUT2D eigenvalue weighted by atomic mass is 10.2. The summed E-state index contributed by atoms with van der Waals surface area (Å²) in [6, 6.07) is 7.97. The number of rotatable bonds is 5. The van der Waals surface area contributed by atoms with Crippen molar-refractivity contribution < 1.29 is 14.3 Å². The van der Waals surface area contributed by atoms with Crippen molar-refractivity contribution in [1.29, 1.82) is 0 Å². The minimum atomic E-state index is -0.530. The first kappa shape index (κ1) is 15.6. The Hall–Kier alpha value is -1.79. The summed E-state index contributed by atoms with van der Waals surface area (Å²) in [5, 5.41) is 0. The van der Waals surface area contributed by atoms with Crippen molar-refractivity contribution in [2.75, 3.05) is 51.8 Å². The molecule has 6 heteroatoms. The molecule has 116 valence electrons. The first-order valence-corrected chi connectivity index (χ1v) is 7.10. The summed E-state index contributed by atoms with van der Waals surface area (Å²) in [5.74, 6) is 0.827. The lowest BCUT2D eigenvalue weighted by molar-refractivity contribution is -0.141. The third-order valence-electron chi connectivity index (χ3n) is 3.80. The van der Waals surface area contributed by atoms with E-state index in [9.17, 15) is 4.79 Å². The van der Waals surface area contributed by atoms with Crippen molar-refractivity contribution in [3.8, 4) is 5.75 Å². The van der Waals surface area contributed by atoms with Crippen LogP contribution in [-0.2, 0) is 9.53 Å². The van der Waals surface area contributed by atoms with Crippen LogP contribution in [0.1, 0.15) is 0 Å². The maximum absolute atomic E-state index is 12.2. The standard InChI is InChI=1S/C15H23N3O3/c1-20-13-5-3-12(4-6-13)17-7-9-18(10-8-17)15(19)14(11-16)21-2/h3-6,14H,7-11,16H2,1-2H3. The molecule has 0 radical (unpaired) electrons. The molecule has 2 rings (SSSR count). The second-order valence-electron chi connectivity index (χ2n) is 4.97. The van der Waals surface area contributed by atoms with E-state index in [4.69, 9.17) is 15.2 Å². The number of piperazine rings is 1. The van der Waals surface area contributed by atoms with E-state index in [1.807, 2.05) is 29.2 Å². The first-order valence-electron chi connectivity index (χ1n) is 7.10. The molecule has 0 aromatic heterocycles. The van der Waals surface area contributed by atoms with Crippen molar-refractivity contribution in [2.24, 2.45) is 5.73 Å². The van der Waals surface area contributed by atoms with Gasteiger partial charge in [-0.15, -0.1) is 0 Å². The quantitative estimate of drug-likeness (QED) is 0.846. The molecule has 6 nitrogen and oxygen atoms in total. The average molecular weight is 293 g/mol. The van der Waals surface area contributed by atoms with Crippen molar-refractivity contribution in [2.45, 2.75) is 6.10 Å². The van der Waals surface area contributed by atoms with Gasteiger partial charge in [0.2, 0.25) is 0 Å². The van der Waals surface area contributed by atoms with Crippen LogP contribution in [0.2, 0.25) is 0 Å². The van der Waals surface area contributed by atoms with E-state index in [-0.39, 0.29) is 12.5 Å². The molecule has 1 unspecified atom stereocenters. The topological polar surface area (TPSA) is 68.0 Å². The zero-order valence-electron chi connectivity index (χ0n) is 12.6. The third kappa shape index (κ3) is 3.65. The van der Waals surface area contributed by atoms with Gasteiger partial charge in [0, 0.05) is 45.5 Å². The highest BCUT2D eigenvalue weighted by atomic mass is 16.5. The van der Waals surface area contributed by atoms with E-state index < -0.39 is 6.10 Å². The van der Waals surface area contributed by atoms with Crippen molar-refractivity contribution in [3.63, 3.8) is 0 Å². The van der Waals surface area contributed by atoms with Crippen LogP contribution in [-0.4, -0.2) is 63.9 Å². The number of hydrogen-bond donors (Lipinski definition) is 1. The molecule has 1 fully saturated rings. The molecule has 1 aromatic rings. The Morgan fingerprint density at radius 3 is 2.29 bits per heavy atom. The summed E-state index contributed by atoms with van der Waals surface area (Å²) in [7, 11) is 3.17. The van der Waals surface area contributed by atoms with E-state index >= 15 is 0 Å². The molecule has 1 aromatic carbocycles. The molecule has 1 aliphatic rings. The van der Waals surface area contributed by atoms with Crippen LogP contribution in [0.25, 0.3) is 0 Å². The van der Waals surface area contributed by atoms with Gasteiger partial charge in [-0.1, -0.05) is 0 Å². The average Bonchev–Trinajstić information content (AvgIpc) is 2.56. The largest absolute Gasteiger partial charge is 0.497 e. The fraction of sp³-hybridized carbons (Fsp3) is 0.533. The fourth-order valence-corrected chi connectivity index (χ4v) is 2.48. The second-order valence-corrected chi connectivity index (χ2v) is 4.97. The minimum Gasteiger partial charge on any atom is -0.497 e. The number of carbonyl (C=O) groups is 1. The number of amides is 1. The van der Waals surface area contributed by atoms with Gasteiger partial charge in [0.1, 0.15) is 11.9 Å². The summed E-state index contributed by atoms with van der Waals surface area (Å²) in [6.45, 7) is 3.20. The van der Waals surface area contributed by atoms with E-state index in [1.165, 1.54) is 7.11 Å². The molecular weight excluding hydrogens is 270 g/mol. The van der Waals surface area contributed by atoms with E-state index in [1.54, 1.807) is 7.11 Å². The molecule has 0 spiro atoms. The number of nitrogens with two attached hydrogens (primary N) is 1. The van der Waals surface area contributed by atoms with E-state index in [0.717, 1.165) is 24.5 Å². The Bertz CT molecular complexity index is 452. The monoisotopic (exact) mass is 293 g/mol. The van der Waals surface area contributed by atoms with Gasteiger partial charge in [-0.05, 0) is 24.3 Å². The van der Waals surface area contributed by atoms with Gasteiger partial charge in [-0.2, -0.15) is 0 Å². The molecule has 1 atom stereocenters. The zero-order chi connectivity index (χ0) is 15.2. The Morgan fingerprint density at radius 2 is 1.81 bits per heavy atom. The van der Waals surface area contributed by atoms with Crippen LogP contribution in [0.3, 0.4) is 0 Å². The molecule has 0 bridgehead atoms. The summed E-state index contributed by atoms with van der Waals surface area (Å²) in [4.78, 5) is 16.3. The molecular formula is C15H23N3O3. The maximum atomic E-state index is 12.2.